The summed E-state index contributed by atoms with van der Waals surface area (Å²) >= 11 is 0. The molecule has 1 unspecified atom stereocenters. The quantitative estimate of drug-likeness (QED) is 0.0252. The van der Waals surface area contributed by atoms with Gasteiger partial charge in [-0.3, -0.25) is 57.5 Å². The highest BCUT2D eigenvalue weighted by Gasteiger charge is 2.31. The number of hydrogen-bond acceptors (Lipinski definition) is 16. The number of nitrogens with one attached hydrogen (secondary N) is 4. The van der Waals surface area contributed by atoms with Crippen LogP contribution in [0.3, 0.4) is 0 Å². The van der Waals surface area contributed by atoms with Crippen LogP contribution in [0.5, 0.6) is 0 Å². The zero-order chi connectivity index (χ0) is 79.7. The first kappa shape index (κ1) is 101. The molecule has 618 valence electrons. The Bertz CT molecular complexity index is 2490. The van der Waals surface area contributed by atoms with E-state index in [4.69, 9.17) is 27.4 Å². The summed E-state index contributed by atoms with van der Waals surface area (Å²) in [4.78, 5) is 161. The molecule has 0 saturated carbocycles. The lowest BCUT2D eigenvalue weighted by atomic mass is 9.82. The minimum Gasteiger partial charge on any atom is -0.481 e. The molecule has 0 saturated heterocycles. The molecule has 0 heterocycles. The molecule has 14 N–H and O–H groups in total. The third kappa shape index (κ3) is 62.5. The molecule has 24 heteroatoms. The summed E-state index contributed by atoms with van der Waals surface area (Å²) in [5, 5.41) is 48.0. The Hall–Kier alpha value is -6.01. The summed E-state index contributed by atoms with van der Waals surface area (Å²) in [7, 11) is 0. The Labute approximate surface area is 642 Å². The van der Waals surface area contributed by atoms with Gasteiger partial charge in [0, 0.05) is 95.7 Å². The molecule has 24 nitrogen and oxygen atoms in total. The van der Waals surface area contributed by atoms with E-state index >= 15 is 0 Å². The van der Waals surface area contributed by atoms with Crippen LogP contribution in [0.1, 0.15) is 387 Å². The van der Waals surface area contributed by atoms with Gasteiger partial charge >= 0.3 is 23.9 Å². The topological polar surface area (TPSA) is 429 Å². The molecule has 0 aromatic heterocycles. The van der Waals surface area contributed by atoms with Crippen LogP contribution in [0, 0.1) is 17.8 Å². The molecule has 0 fully saturated rings. The fraction of sp³-hybridized carbons (Fsp3) is 0.843. The van der Waals surface area contributed by atoms with Gasteiger partial charge in [0.05, 0.1) is 23.5 Å². The maximum Gasteiger partial charge on any atom is 0.326 e. The van der Waals surface area contributed by atoms with Crippen LogP contribution in [0.25, 0.3) is 0 Å². The van der Waals surface area contributed by atoms with Crippen molar-refractivity contribution < 1.29 is 82.8 Å². The molecule has 0 aliphatic carbocycles. The number of nitrogens with two attached hydrogens (primary N) is 3. The molecule has 4 amide bonds. The largest absolute Gasteiger partial charge is 0.481 e. The Morgan fingerprint density at radius 3 is 1.05 bits per heavy atom. The summed E-state index contributed by atoms with van der Waals surface area (Å²) in [5.74, 6) is -8.05. The van der Waals surface area contributed by atoms with Crippen LogP contribution in [-0.2, 0) is 62.3 Å². The van der Waals surface area contributed by atoms with Crippen molar-refractivity contribution in [2.24, 2.45) is 35.0 Å². The molecule has 0 aromatic carbocycles. The summed E-state index contributed by atoms with van der Waals surface area (Å²) in [6, 6.07) is -2.70. The van der Waals surface area contributed by atoms with E-state index in [9.17, 15) is 72.5 Å². The number of hydrogen-bond donors (Lipinski definition) is 11. The van der Waals surface area contributed by atoms with E-state index in [1.165, 1.54) is 122 Å². The molecular formula is C83H149N7O17. The standard InChI is InChI=1S/C83H149N7O17/c1-64(91)65(45-39-42-59-88-79(102)70(84)49-35-32-34-47-68(92)55-56-72(82(106)107)90-76(97)51-36-29-25-21-17-13-9-5-7-11-15-19-23-27-31-38-53-78(100)101)62-73(94)66(63-74(95)83(2,3)86)46-40-43-60-89-80(103)71(85)50-41-44-58-87-75(96)57-54-67(81(104)105)61-69(93)48-33-28-24-20-16-12-8-4-6-10-14-18-22-26-30-37-52-77(98)99/h65-67,70-72H,4-63,84-86H2,1-3H3,(H,87,96)(H,88,102)(H,89,103)(H,90,97)(H,98,99)(H,100,101)(H,104,105)(H,106,107)/t65-,66-,67-,70+,71+,72?/m1/s1. The van der Waals surface area contributed by atoms with Crippen LogP contribution < -0.4 is 38.5 Å². The van der Waals surface area contributed by atoms with E-state index in [1.54, 1.807) is 13.8 Å². The van der Waals surface area contributed by atoms with E-state index < -0.39 is 65.3 Å². The Morgan fingerprint density at radius 1 is 0.318 bits per heavy atom. The summed E-state index contributed by atoms with van der Waals surface area (Å²) in [6.45, 7) is 5.51. The van der Waals surface area contributed by atoms with Crippen molar-refractivity contribution in [1.82, 2.24) is 21.3 Å². The minimum atomic E-state index is -1.17. The fourth-order valence-electron chi connectivity index (χ4n) is 13.4. The average Bonchev–Trinajstić information content (AvgIpc) is 0.871. The first-order valence-corrected chi connectivity index (χ1v) is 42.0. The normalized spacial score (nSPS) is 13.2. The van der Waals surface area contributed by atoms with Crippen molar-refractivity contribution >= 4 is 76.4 Å². The Balaban J connectivity index is 4.43. The van der Waals surface area contributed by atoms with Crippen LogP contribution in [0.15, 0.2) is 0 Å². The highest BCUT2D eigenvalue weighted by molar-refractivity contribution is 5.94. The second kappa shape index (κ2) is 66.9. The monoisotopic (exact) mass is 1520 g/mol. The molecule has 0 aliphatic heterocycles. The van der Waals surface area contributed by atoms with E-state index in [1.807, 2.05) is 0 Å². The number of carbonyl (C=O) groups excluding carboxylic acids is 9. The highest BCUT2D eigenvalue weighted by atomic mass is 16.4. The van der Waals surface area contributed by atoms with Gasteiger partial charge in [-0.2, -0.15) is 0 Å². The average molecular weight is 1520 g/mol. The highest BCUT2D eigenvalue weighted by Crippen LogP contribution is 2.25. The molecular weight excluding hydrogens is 1370 g/mol. The first-order valence-electron chi connectivity index (χ1n) is 42.0. The van der Waals surface area contributed by atoms with Gasteiger partial charge in [0.2, 0.25) is 23.6 Å². The van der Waals surface area contributed by atoms with Crippen molar-refractivity contribution in [2.45, 2.75) is 410 Å². The van der Waals surface area contributed by atoms with Gasteiger partial charge < -0.3 is 58.9 Å². The van der Waals surface area contributed by atoms with Gasteiger partial charge in [0.15, 0.2) is 5.78 Å². The number of amides is 4. The van der Waals surface area contributed by atoms with Gasteiger partial charge in [-0.15, -0.1) is 0 Å². The maximum atomic E-state index is 13.8. The van der Waals surface area contributed by atoms with Crippen LogP contribution in [-0.4, -0.2) is 140 Å². The zero-order valence-corrected chi connectivity index (χ0v) is 66.7. The summed E-state index contributed by atoms with van der Waals surface area (Å²) in [6.07, 6.45) is 43.0. The van der Waals surface area contributed by atoms with E-state index in [2.05, 4.69) is 21.3 Å². The predicted molar refractivity (Wildman–Crippen MR) is 420 cm³/mol. The summed E-state index contributed by atoms with van der Waals surface area (Å²) < 4.78 is 0. The number of unbranched alkanes of at least 4 members (excludes halogenated alkanes) is 35. The zero-order valence-electron chi connectivity index (χ0n) is 66.7. The lowest BCUT2D eigenvalue weighted by molar-refractivity contribution is -0.144. The molecule has 0 rings (SSSR count). The second-order valence-electron chi connectivity index (χ2n) is 31.2. The number of aliphatic carboxylic acids is 4. The molecule has 0 aromatic rings. The van der Waals surface area contributed by atoms with Crippen molar-refractivity contribution in [1.29, 1.82) is 0 Å². The minimum absolute atomic E-state index is 0.0128. The third-order valence-electron chi connectivity index (χ3n) is 20.6. The number of carboxylic acid groups (broad SMARTS) is 4. The fourth-order valence-corrected chi connectivity index (χ4v) is 13.4. The number of rotatable bonds is 79. The van der Waals surface area contributed by atoms with Crippen molar-refractivity contribution in [3.05, 3.63) is 0 Å². The maximum absolute atomic E-state index is 13.8. The molecule has 6 atom stereocenters. The first-order chi connectivity index (χ1) is 51.1. The van der Waals surface area contributed by atoms with Crippen molar-refractivity contribution in [3.8, 4) is 0 Å². The lowest BCUT2D eigenvalue weighted by Crippen LogP contribution is -2.43. The van der Waals surface area contributed by atoms with Crippen molar-refractivity contribution in [3.63, 3.8) is 0 Å². The van der Waals surface area contributed by atoms with E-state index in [0.717, 1.165) is 83.5 Å². The smallest absolute Gasteiger partial charge is 0.326 e. The van der Waals surface area contributed by atoms with Gasteiger partial charge in [0.25, 0.3) is 0 Å². The SMILES string of the molecule is CC(=O)[C@H](CCCCNC(=O)[C@@H](N)CCCCCC(=O)CCC(NC(=O)CCCCCCCCCCCCCCCCCCC(=O)O)C(=O)O)CC(=O)[C@H](CCCCNC(=O)[C@@H](N)CCCCNC(=O)CC[C@H](CC(=O)CCCCCCCCCCCCCCCCCCC(=O)O)C(=O)O)CC(=O)C(C)(C)N. The second-order valence-corrected chi connectivity index (χ2v) is 31.2. The van der Waals surface area contributed by atoms with Gasteiger partial charge in [-0.1, -0.05) is 205 Å². The third-order valence-corrected chi connectivity index (χ3v) is 20.6. The van der Waals surface area contributed by atoms with Crippen molar-refractivity contribution in [2.75, 3.05) is 19.6 Å². The molecule has 0 bridgehead atoms. The number of Topliss-reactive ketones (excluding diaryl/α,β-unsaturated/α-hetero) is 5. The van der Waals surface area contributed by atoms with Gasteiger partial charge in [0.1, 0.15) is 29.2 Å². The van der Waals surface area contributed by atoms with Crippen LogP contribution in [0.2, 0.25) is 0 Å². The number of carbonyl (C=O) groups is 13. The molecule has 0 spiro atoms. The van der Waals surface area contributed by atoms with E-state index in [0.29, 0.717) is 109 Å². The van der Waals surface area contributed by atoms with Gasteiger partial charge in [-0.05, 0) is 117 Å². The molecule has 107 heavy (non-hydrogen) atoms. The summed E-state index contributed by atoms with van der Waals surface area (Å²) in [5.41, 5.74) is 17.3. The lowest BCUT2D eigenvalue weighted by Gasteiger charge is -2.23. The molecule has 0 aliphatic rings. The number of ketones is 5. The molecule has 0 radical (unpaired) electrons. The Kier molecular flexibility index (Phi) is 63.2. The van der Waals surface area contributed by atoms with E-state index in [-0.39, 0.29) is 130 Å². The van der Waals surface area contributed by atoms with Crippen LogP contribution in [0.4, 0.5) is 0 Å². The van der Waals surface area contributed by atoms with Gasteiger partial charge in [-0.25, -0.2) is 4.79 Å². The number of carboxylic acids is 4. The van der Waals surface area contributed by atoms with Crippen LogP contribution >= 0.6 is 0 Å². The predicted octanol–water partition coefficient (Wildman–Crippen LogP) is 14.5. The Morgan fingerprint density at radius 2 is 0.664 bits per heavy atom.